The van der Waals surface area contributed by atoms with E-state index in [0.29, 0.717) is 0 Å². The molecule has 0 amide bonds. The Hall–Kier alpha value is -1.41. The van der Waals surface area contributed by atoms with Gasteiger partial charge in [0.25, 0.3) is 0 Å². The van der Waals surface area contributed by atoms with E-state index in [1.807, 2.05) is 42.9 Å². The summed E-state index contributed by atoms with van der Waals surface area (Å²) in [5, 5.41) is 4.19. The maximum absolute atomic E-state index is 6.06. The molecule has 1 heterocycles. The first-order valence-corrected chi connectivity index (χ1v) is 5.64. The number of aryl methyl sites for hydroxylation is 1. The molecule has 3 heteroatoms. The van der Waals surface area contributed by atoms with Crippen LogP contribution in [-0.4, -0.2) is 4.57 Å². The largest absolute Gasteiger partial charge is 0.381 e. The van der Waals surface area contributed by atoms with Crippen molar-refractivity contribution in [2.24, 2.45) is 7.05 Å². The van der Waals surface area contributed by atoms with Gasteiger partial charge in [-0.3, -0.25) is 0 Å². The third-order valence-electron chi connectivity index (χ3n) is 2.64. The molecule has 0 radical (unpaired) electrons. The first kappa shape index (κ1) is 11.1. The fraction of sp³-hybridized carbons (Fsp3) is 0.231. The van der Waals surface area contributed by atoms with Gasteiger partial charge in [-0.1, -0.05) is 17.7 Å². The molecule has 0 spiro atoms. The Morgan fingerprint density at radius 2 is 2.12 bits per heavy atom. The van der Waals surface area contributed by atoms with E-state index in [-0.39, 0.29) is 0 Å². The Labute approximate surface area is 101 Å². The number of aromatic nitrogens is 1. The molecule has 1 aromatic heterocycles. The molecule has 2 rings (SSSR count). The average molecular weight is 235 g/mol. The molecule has 1 N–H and O–H groups in total. The summed E-state index contributed by atoms with van der Waals surface area (Å²) in [5.41, 5.74) is 3.46. The van der Waals surface area contributed by atoms with Crippen LogP contribution in [0.5, 0.6) is 0 Å². The Morgan fingerprint density at radius 3 is 2.81 bits per heavy atom. The predicted molar refractivity (Wildman–Crippen MR) is 68.9 cm³/mol. The van der Waals surface area contributed by atoms with E-state index in [1.54, 1.807) is 0 Å². The Kier molecular flexibility index (Phi) is 3.20. The van der Waals surface area contributed by atoms with E-state index in [1.165, 1.54) is 5.56 Å². The molecule has 16 heavy (non-hydrogen) atoms. The molecule has 0 fully saturated rings. The summed E-state index contributed by atoms with van der Waals surface area (Å²) >= 11 is 6.06. The van der Waals surface area contributed by atoms with Crippen molar-refractivity contribution in [3.05, 3.63) is 52.8 Å². The van der Waals surface area contributed by atoms with Crippen molar-refractivity contribution in [1.82, 2.24) is 4.57 Å². The van der Waals surface area contributed by atoms with Gasteiger partial charge in [0.05, 0.1) is 0 Å². The molecule has 2 aromatic rings. The van der Waals surface area contributed by atoms with Gasteiger partial charge in [0.2, 0.25) is 0 Å². The Bertz CT molecular complexity index is 488. The van der Waals surface area contributed by atoms with Crippen LogP contribution in [0.25, 0.3) is 0 Å². The Morgan fingerprint density at radius 1 is 1.31 bits per heavy atom. The number of hydrogen-bond acceptors (Lipinski definition) is 1. The van der Waals surface area contributed by atoms with Crippen LogP contribution in [0.3, 0.4) is 0 Å². The van der Waals surface area contributed by atoms with E-state index >= 15 is 0 Å². The molecule has 2 nitrogen and oxygen atoms in total. The molecule has 0 bridgehead atoms. The van der Waals surface area contributed by atoms with Crippen LogP contribution in [-0.2, 0) is 13.6 Å². The molecule has 84 valence electrons. The maximum atomic E-state index is 6.06. The molecule has 0 saturated heterocycles. The summed E-state index contributed by atoms with van der Waals surface area (Å²) in [6, 6.07) is 8.02. The molecule has 0 aliphatic rings. The molecule has 0 aliphatic carbocycles. The van der Waals surface area contributed by atoms with Crippen molar-refractivity contribution in [3.63, 3.8) is 0 Å². The van der Waals surface area contributed by atoms with E-state index < -0.39 is 0 Å². The second kappa shape index (κ2) is 4.62. The van der Waals surface area contributed by atoms with Crippen LogP contribution in [0.2, 0.25) is 5.02 Å². The third kappa shape index (κ3) is 2.39. The second-order valence-electron chi connectivity index (χ2n) is 3.95. The minimum absolute atomic E-state index is 0.804. The van der Waals surface area contributed by atoms with Gasteiger partial charge in [-0.15, -0.1) is 0 Å². The summed E-state index contributed by atoms with van der Waals surface area (Å²) in [4.78, 5) is 0. The number of hydrogen-bond donors (Lipinski definition) is 1. The van der Waals surface area contributed by atoms with Crippen molar-refractivity contribution < 1.29 is 0 Å². The van der Waals surface area contributed by atoms with E-state index in [9.17, 15) is 0 Å². The molecule has 1 aromatic carbocycles. The highest BCUT2D eigenvalue weighted by atomic mass is 35.5. The zero-order valence-electron chi connectivity index (χ0n) is 9.50. The third-order valence-corrected chi connectivity index (χ3v) is 3.05. The van der Waals surface area contributed by atoms with Crippen LogP contribution in [0, 0.1) is 6.92 Å². The lowest BCUT2D eigenvalue weighted by Crippen LogP contribution is -2.00. The van der Waals surface area contributed by atoms with Gasteiger partial charge in [0, 0.05) is 36.7 Å². The van der Waals surface area contributed by atoms with Gasteiger partial charge in [-0.25, -0.2) is 0 Å². The first-order valence-electron chi connectivity index (χ1n) is 5.26. The number of benzene rings is 1. The number of nitrogens with zero attached hydrogens (tertiary/aromatic N) is 1. The standard InChI is InChI=1S/C13H15ClN2/c1-10-12(14)4-3-5-13(10)15-8-11-6-7-16(2)9-11/h3-7,9,15H,8H2,1-2H3. The van der Waals surface area contributed by atoms with Crippen LogP contribution < -0.4 is 5.32 Å². The molecule has 0 atom stereocenters. The van der Waals surface area contributed by atoms with Crippen LogP contribution >= 0.6 is 11.6 Å². The average Bonchev–Trinajstić information content (AvgIpc) is 2.67. The van der Waals surface area contributed by atoms with Gasteiger partial charge in [-0.2, -0.15) is 0 Å². The highest BCUT2D eigenvalue weighted by Gasteiger charge is 2.01. The number of rotatable bonds is 3. The van der Waals surface area contributed by atoms with E-state index in [0.717, 1.165) is 22.8 Å². The van der Waals surface area contributed by atoms with Gasteiger partial charge in [0.1, 0.15) is 0 Å². The predicted octanol–water partition coefficient (Wildman–Crippen LogP) is 3.60. The smallest absolute Gasteiger partial charge is 0.0455 e. The lowest BCUT2D eigenvalue weighted by molar-refractivity contribution is 0.920. The topological polar surface area (TPSA) is 17.0 Å². The normalized spacial score (nSPS) is 10.4. The van der Waals surface area contributed by atoms with Crippen molar-refractivity contribution >= 4 is 17.3 Å². The summed E-state index contributed by atoms with van der Waals surface area (Å²) < 4.78 is 2.04. The summed E-state index contributed by atoms with van der Waals surface area (Å²) in [7, 11) is 2.02. The monoisotopic (exact) mass is 234 g/mol. The van der Waals surface area contributed by atoms with Gasteiger partial charge >= 0.3 is 0 Å². The lowest BCUT2D eigenvalue weighted by atomic mass is 10.2. The lowest BCUT2D eigenvalue weighted by Gasteiger charge is -2.09. The van der Waals surface area contributed by atoms with Gasteiger partial charge < -0.3 is 9.88 Å². The highest BCUT2D eigenvalue weighted by molar-refractivity contribution is 6.31. The van der Waals surface area contributed by atoms with Gasteiger partial charge in [0.15, 0.2) is 0 Å². The molecular weight excluding hydrogens is 220 g/mol. The number of halogens is 1. The molecule has 0 aliphatic heterocycles. The molecule has 0 unspecified atom stereocenters. The van der Waals surface area contributed by atoms with Crippen molar-refractivity contribution in [1.29, 1.82) is 0 Å². The summed E-state index contributed by atoms with van der Waals surface area (Å²) in [6.07, 6.45) is 4.15. The highest BCUT2D eigenvalue weighted by Crippen LogP contribution is 2.23. The molecule has 0 saturated carbocycles. The summed E-state index contributed by atoms with van der Waals surface area (Å²) in [5.74, 6) is 0. The second-order valence-corrected chi connectivity index (χ2v) is 4.36. The zero-order valence-corrected chi connectivity index (χ0v) is 10.3. The fourth-order valence-electron chi connectivity index (χ4n) is 1.66. The number of nitrogens with one attached hydrogen (secondary N) is 1. The van der Waals surface area contributed by atoms with Crippen LogP contribution in [0.4, 0.5) is 5.69 Å². The van der Waals surface area contributed by atoms with E-state index in [4.69, 9.17) is 11.6 Å². The fourth-order valence-corrected chi connectivity index (χ4v) is 1.84. The summed E-state index contributed by atoms with van der Waals surface area (Å²) in [6.45, 7) is 2.84. The number of anilines is 1. The van der Waals surface area contributed by atoms with Crippen molar-refractivity contribution in [2.75, 3.05) is 5.32 Å². The Balaban J connectivity index is 2.07. The SMILES string of the molecule is Cc1c(Cl)cccc1NCc1ccn(C)c1. The first-order chi connectivity index (χ1) is 7.66. The quantitative estimate of drug-likeness (QED) is 0.859. The van der Waals surface area contributed by atoms with Crippen LogP contribution in [0.15, 0.2) is 36.7 Å². The minimum atomic E-state index is 0.804. The minimum Gasteiger partial charge on any atom is -0.381 e. The van der Waals surface area contributed by atoms with Crippen molar-refractivity contribution in [3.8, 4) is 0 Å². The zero-order chi connectivity index (χ0) is 11.5. The van der Waals surface area contributed by atoms with E-state index in [2.05, 4.69) is 17.6 Å². The van der Waals surface area contributed by atoms with Gasteiger partial charge in [-0.05, 0) is 36.2 Å². The maximum Gasteiger partial charge on any atom is 0.0455 e. The van der Waals surface area contributed by atoms with Crippen LogP contribution in [0.1, 0.15) is 11.1 Å². The molecular formula is C13H15ClN2. The van der Waals surface area contributed by atoms with Crippen molar-refractivity contribution in [2.45, 2.75) is 13.5 Å².